The lowest BCUT2D eigenvalue weighted by atomic mass is 10.2. The molecule has 2 N–H and O–H groups in total. The number of aromatic nitrogens is 3. The second kappa shape index (κ2) is 10.0. The summed E-state index contributed by atoms with van der Waals surface area (Å²) in [5.41, 5.74) is 2.41. The van der Waals surface area contributed by atoms with E-state index in [2.05, 4.69) is 68.3 Å². The lowest BCUT2D eigenvalue weighted by Gasteiger charge is -2.12. The summed E-state index contributed by atoms with van der Waals surface area (Å²) in [5.74, 6) is 1.88. The van der Waals surface area contributed by atoms with Gasteiger partial charge in [0.05, 0.1) is 10.7 Å². The van der Waals surface area contributed by atoms with Gasteiger partial charge in [-0.1, -0.05) is 30.3 Å². The second-order valence-corrected chi connectivity index (χ2v) is 7.92. The lowest BCUT2D eigenvalue weighted by Crippen LogP contribution is -2.39. The van der Waals surface area contributed by atoms with Crippen molar-refractivity contribution in [2.45, 2.75) is 33.2 Å². The van der Waals surface area contributed by atoms with E-state index in [9.17, 15) is 0 Å². The van der Waals surface area contributed by atoms with Crippen LogP contribution in [-0.4, -0.2) is 40.6 Å². The Labute approximate surface area is 170 Å². The van der Waals surface area contributed by atoms with Crippen molar-refractivity contribution in [2.24, 2.45) is 4.99 Å². The zero-order chi connectivity index (χ0) is 19.8. The van der Waals surface area contributed by atoms with Crippen LogP contribution in [0, 0.1) is 13.8 Å². The van der Waals surface area contributed by atoms with E-state index in [1.165, 1.54) is 15.4 Å². The van der Waals surface area contributed by atoms with E-state index in [4.69, 9.17) is 0 Å². The Hall–Kier alpha value is -2.67. The zero-order valence-corrected chi connectivity index (χ0v) is 17.6. The number of imidazole rings is 1. The number of nitrogens with zero attached hydrogens (tertiary/aromatic N) is 4. The first kappa shape index (κ1) is 20.1. The predicted molar refractivity (Wildman–Crippen MR) is 116 cm³/mol. The summed E-state index contributed by atoms with van der Waals surface area (Å²) in [4.78, 5) is 14.7. The van der Waals surface area contributed by atoms with Gasteiger partial charge in [0.25, 0.3) is 0 Å². The van der Waals surface area contributed by atoms with E-state index in [0.717, 1.165) is 50.0 Å². The highest BCUT2D eigenvalue weighted by Gasteiger charge is 2.06. The fourth-order valence-corrected chi connectivity index (χ4v) is 3.87. The maximum atomic E-state index is 4.58. The molecule has 0 amide bonds. The molecular weight excluding hydrogens is 368 g/mol. The molecule has 28 heavy (non-hydrogen) atoms. The Balaban J connectivity index is 1.43. The summed E-state index contributed by atoms with van der Waals surface area (Å²) in [6.07, 6.45) is 5.64. The van der Waals surface area contributed by atoms with Crippen molar-refractivity contribution in [3.8, 4) is 0 Å². The Morgan fingerprint density at radius 3 is 2.54 bits per heavy atom. The normalized spacial score (nSPS) is 11.6. The molecule has 148 valence electrons. The summed E-state index contributed by atoms with van der Waals surface area (Å²) >= 11 is 1.77. The molecule has 0 aliphatic heterocycles. The lowest BCUT2D eigenvalue weighted by molar-refractivity contribution is 0.693. The van der Waals surface area contributed by atoms with Gasteiger partial charge >= 0.3 is 0 Å². The molecule has 0 aliphatic carbocycles. The highest BCUT2D eigenvalue weighted by atomic mass is 32.1. The average molecular weight is 397 g/mol. The minimum absolute atomic E-state index is 0.779. The van der Waals surface area contributed by atoms with Gasteiger partial charge in [-0.2, -0.15) is 0 Å². The minimum Gasteiger partial charge on any atom is -0.356 e. The average Bonchev–Trinajstić information content (AvgIpc) is 3.27. The number of aliphatic imine (C=N–C) groups is 1. The standard InChI is InChI=1S/C21H28N6S/c1-16-17(2)28-20(26-16)10-12-25-21(22-3)24-11-9-19-23-13-14-27(19)15-18-7-5-4-6-8-18/h4-8,13-14H,9-12,15H2,1-3H3,(H2,22,24,25). The van der Waals surface area contributed by atoms with Crippen molar-refractivity contribution in [2.75, 3.05) is 20.1 Å². The fraction of sp³-hybridized carbons (Fsp3) is 0.381. The third-order valence-corrected chi connectivity index (χ3v) is 5.70. The number of rotatable bonds is 8. The third kappa shape index (κ3) is 5.66. The van der Waals surface area contributed by atoms with Gasteiger partial charge in [-0.3, -0.25) is 4.99 Å². The van der Waals surface area contributed by atoms with Gasteiger partial charge in [0.2, 0.25) is 0 Å². The number of hydrogen-bond donors (Lipinski definition) is 2. The number of hydrogen-bond acceptors (Lipinski definition) is 4. The van der Waals surface area contributed by atoms with E-state index >= 15 is 0 Å². The molecule has 0 saturated carbocycles. The Morgan fingerprint density at radius 2 is 1.86 bits per heavy atom. The second-order valence-electron chi connectivity index (χ2n) is 6.63. The maximum absolute atomic E-state index is 4.58. The molecule has 0 spiro atoms. The van der Waals surface area contributed by atoms with Gasteiger partial charge in [0, 0.05) is 56.8 Å². The van der Waals surface area contributed by atoms with Crippen molar-refractivity contribution in [3.05, 3.63) is 69.7 Å². The summed E-state index contributed by atoms with van der Waals surface area (Å²) in [5, 5.41) is 7.90. The number of nitrogens with one attached hydrogen (secondary N) is 2. The summed E-state index contributed by atoms with van der Waals surface area (Å²) in [7, 11) is 1.80. The molecule has 0 aliphatic rings. The predicted octanol–water partition coefficient (Wildman–Crippen LogP) is 2.95. The highest BCUT2D eigenvalue weighted by molar-refractivity contribution is 7.11. The van der Waals surface area contributed by atoms with Gasteiger partial charge in [0.1, 0.15) is 5.82 Å². The molecule has 0 saturated heterocycles. The first-order chi connectivity index (χ1) is 13.7. The number of benzene rings is 1. The smallest absolute Gasteiger partial charge is 0.191 e. The Morgan fingerprint density at radius 1 is 1.11 bits per heavy atom. The molecule has 3 rings (SSSR count). The minimum atomic E-state index is 0.779. The van der Waals surface area contributed by atoms with Crippen LogP contribution in [0.3, 0.4) is 0 Å². The summed E-state index contributed by atoms with van der Waals surface area (Å²) in [6.45, 7) is 6.61. The number of aryl methyl sites for hydroxylation is 2. The molecule has 0 radical (unpaired) electrons. The van der Waals surface area contributed by atoms with Crippen LogP contribution in [0.4, 0.5) is 0 Å². The van der Waals surface area contributed by atoms with Crippen molar-refractivity contribution in [3.63, 3.8) is 0 Å². The molecule has 3 aromatic rings. The van der Waals surface area contributed by atoms with Crippen LogP contribution in [0.25, 0.3) is 0 Å². The monoisotopic (exact) mass is 396 g/mol. The van der Waals surface area contributed by atoms with E-state index in [0.29, 0.717) is 0 Å². The summed E-state index contributed by atoms with van der Waals surface area (Å²) in [6, 6.07) is 10.4. The molecule has 0 fully saturated rings. The van der Waals surface area contributed by atoms with Gasteiger partial charge in [0.15, 0.2) is 5.96 Å². The Kier molecular flexibility index (Phi) is 7.19. The summed E-state index contributed by atoms with van der Waals surface area (Å²) < 4.78 is 2.19. The van der Waals surface area contributed by atoms with Crippen LogP contribution >= 0.6 is 11.3 Å². The van der Waals surface area contributed by atoms with Crippen LogP contribution in [0.15, 0.2) is 47.7 Å². The molecule has 0 unspecified atom stereocenters. The van der Waals surface area contributed by atoms with E-state index in [1.54, 1.807) is 18.4 Å². The van der Waals surface area contributed by atoms with Crippen molar-refractivity contribution in [1.82, 2.24) is 25.2 Å². The molecule has 7 heteroatoms. The molecule has 0 bridgehead atoms. The first-order valence-corrected chi connectivity index (χ1v) is 10.4. The van der Waals surface area contributed by atoms with E-state index in [-0.39, 0.29) is 0 Å². The Bertz CT molecular complexity index is 877. The van der Waals surface area contributed by atoms with Crippen LogP contribution in [0.2, 0.25) is 0 Å². The van der Waals surface area contributed by atoms with Gasteiger partial charge < -0.3 is 15.2 Å². The molecule has 6 nitrogen and oxygen atoms in total. The first-order valence-electron chi connectivity index (χ1n) is 9.57. The van der Waals surface area contributed by atoms with Gasteiger partial charge in [-0.15, -0.1) is 11.3 Å². The van der Waals surface area contributed by atoms with Crippen molar-refractivity contribution < 1.29 is 0 Å². The van der Waals surface area contributed by atoms with Gasteiger partial charge in [-0.25, -0.2) is 9.97 Å². The van der Waals surface area contributed by atoms with E-state index in [1.807, 2.05) is 18.5 Å². The number of thiazole rings is 1. The molecular formula is C21H28N6S. The SMILES string of the molecule is CN=C(NCCc1nc(C)c(C)s1)NCCc1nccn1Cc1ccccc1. The third-order valence-electron chi connectivity index (χ3n) is 4.57. The molecule has 0 atom stereocenters. The molecule has 1 aromatic carbocycles. The van der Waals surface area contributed by atoms with Crippen LogP contribution in [0.1, 0.15) is 27.0 Å². The van der Waals surface area contributed by atoms with Crippen LogP contribution in [-0.2, 0) is 19.4 Å². The largest absolute Gasteiger partial charge is 0.356 e. The van der Waals surface area contributed by atoms with E-state index < -0.39 is 0 Å². The molecule has 2 heterocycles. The topological polar surface area (TPSA) is 67.1 Å². The van der Waals surface area contributed by atoms with Crippen molar-refractivity contribution >= 4 is 17.3 Å². The maximum Gasteiger partial charge on any atom is 0.191 e. The van der Waals surface area contributed by atoms with Gasteiger partial charge in [-0.05, 0) is 19.4 Å². The van der Waals surface area contributed by atoms with Crippen LogP contribution in [0.5, 0.6) is 0 Å². The molecule has 2 aromatic heterocycles. The quantitative estimate of drug-likeness (QED) is 0.454. The highest BCUT2D eigenvalue weighted by Crippen LogP contribution is 2.16. The number of guanidine groups is 1. The van der Waals surface area contributed by atoms with Crippen LogP contribution < -0.4 is 10.6 Å². The van der Waals surface area contributed by atoms with Crippen molar-refractivity contribution in [1.29, 1.82) is 0 Å². The zero-order valence-electron chi connectivity index (χ0n) is 16.8. The fourth-order valence-electron chi connectivity index (χ4n) is 2.94.